The Morgan fingerprint density at radius 1 is 1.19 bits per heavy atom. The number of fused-ring (bicyclic) bond motifs is 1. The van der Waals surface area contributed by atoms with E-state index in [0.717, 1.165) is 16.7 Å². The molecule has 3 amide bonds. The first-order valence-corrected chi connectivity index (χ1v) is 8.71. The van der Waals surface area contributed by atoms with Crippen LogP contribution in [-0.4, -0.2) is 38.5 Å². The van der Waals surface area contributed by atoms with Gasteiger partial charge in [-0.15, -0.1) is 0 Å². The number of hydrogen-bond acceptors (Lipinski definition) is 7. The van der Waals surface area contributed by atoms with E-state index in [0.29, 0.717) is 22.5 Å². The summed E-state index contributed by atoms with van der Waals surface area (Å²) in [5.74, 6) is -0.553. The molecular weight excluding hydrogens is 368 g/mol. The van der Waals surface area contributed by atoms with E-state index in [1.54, 1.807) is 42.7 Å². The third-order valence-electron chi connectivity index (χ3n) is 3.74. The summed E-state index contributed by atoms with van der Waals surface area (Å²) in [5.41, 5.74) is 1.83. The molecule has 0 unspecified atom stereocenters. The van der Waals surface area contributed by atoms with Crippen molar-refractivity contribution in [3.05, 3.63) is 59.7 Å². The number of carbonyl (C=O) groups excluding carboxylic acids is 3. The van der Waals surface area contributed by atoms with Crippen LogP contribution in [0.25, 0.3) is 17.1 Å². The molecule has 1 fully saturated rings. The average Bonchev–Trinajstić information content (AvgIpc) is 3.26. The topological polar surface area (TPSA) is 105 Å². The van der Waals surface area contributed by atoms with E-state index in [2.05, 4.69) is 15.3 Å². The summed E-state index contributed by atoms with van der Waals surface area (Å²) in [6.07, 6.45) is 6.08. The van der Waals surface area contributed by atoms with Gasteiger partial charge in [-0.2, -0.15) is 0 Å². The molecule has 1 aromatic carbocycles. The second kappa shape index (κ2) is 7.04. The molecule has 1 N–H and O–H groups in total. The Labute approximate surface area is 157 Å². The standard InChI is InChI=1S/C18H12N4O4S/c23-16(21-11-3-4-13-14(8-11)20-6-5-19-13)10-22-17(24)15(27-18(22)25)9-12-2-1-7-26-12/h1-9H,10H2,(H,21,23)/b15-9-. The molecule has 0 bridgehead atoms. The van der Waals surface area contributed by atoms with Gasteiger partial charge in [0.15, 0.2) is 0 Å². The van der Waals surface area contributed by atoms with Crippen LogP contribution in [0.2, 0.25) is 0 Å². The predicted molar refractivity (Wildman–Crippen MR) is 99.6 cm³/mol. The minimum atomic E-state index is -0.527. The number of hydrogen-bond donors (Lipinski definition) is 1. The average molecular weight is 380 g/mol. The van der Waals surface area contributed by atoms with Crippen LogP contribution in [0.4, 0.5) is 10.5 Å². The van der Waals surface area contributed by atoms with Gasteiger partial charge in [0.2, 0.25) is 5.91 Å². The number of rotatable bonds is 4. The fraction of sp³-hybridized carbons (Fsp3) is 0.0556. The number of nitrogens with zero attached hydrogens (tertiary/aromatic N) is 3. The fourth-order valence-corrected chi connectivity index (χ4v) is 3.34. The van der Waals surface area contributed by atoms with Crippen molar-refractivity contribution in [2.24, 2.45) is 0 Å². The molecule has 9 heteroatoms. The van der Waals surface area contributed by atoms with Crippen molar-refractivity contribution < 1.29 is 18.8 Å². The van der Waals surface area contributed by atoms with Crippen molar-refractivity contribution in [2.45, 2.75) is 0 Å². The van der Waals surface area contributed by atoms with Crippen LogP contribution in [0.1, 0.15) is 5.76 Å². The van der Waals surface area contributed by atoms with Crippen molar-refractivity contribution in [3.63, 3.8) is 0 Å². The number of furan rings is 1. The lowest BCUT2D eigenvalue weighted by Crippen LogP contribution is -2.36. The molecule has 0 spiro atoms. The smallest absolute Gasteiger partial charge is 0.294 e. The summed E-state index contributed by atoms with van der Waals surface area (Å²) in [4.78, 5) is 46.2. The first-order valence-electron chi connectivity index (χ1n) is 7.90. The summed E-state index contributed by atoms with van der Waals surface area (Å²) < 4.78 is 5.15. The zero-order valence-corrected chi connectivity index (χ0v) is 14.6. The third-order valence-corrected chi connectivity index (χ3v) is 4.65. The van der Waals surface area contributed by atoms with E-state index < -0.39 is 17.1 Å². The molecule has 3 aromatic rings. The number of nitrogens with one attached hydrogen (secondary N) is 1. The van der Waals surface area contributed by atoms with E-state index >= 15 is 0 Å². The van der Waals surface area contributed by atoms with Crippen molar-refractivity contribution in [1.82, 2.24) is 14.9 Å². The van der Waals surface area contributed by atoms with E-state index in [1.807, 2.05) is 0 Å². The molecule has 1 aliphatic heterocycles. The quantitative estimate of drug-likeness (QED) is 0.694. The lowest BCUT2D eigenvalue weighted by Gasteiger charge is -2.12. The number of benzene rings is 1. The second-order valence-electron chi connectivity index (χ2n) is 5.59. The molecule has 134 valence electrons. The van der Waals surface area contributed by atoms with E-state index in [-0.39, 0.29) is 11.4 Å². The maximum Gasteiger partial charge on any atom is 0.294 e. The highest BCUT2D eigenvalue weighted by molar-refractivity contribution is 8.18. The molecule has 0 aliphatic carbocycles. The van der Waals surface area contributed by atoms with Gasteiger partial charge in [-0.1, -0.05) is 0 Å². The highest BCUT2D eigenvalue weighted by atomic mass is 32.2. The van der Waals surface area contributed by atoms with Crippen LogP contribution in [-0.2, 0) is 9.59 Å². The maximum atomic E-state index is 12.4. The van der Waals surface area contributed by atoms with Crippen molar-refractivity contribution in [1.29, 1.82) is 0 Å². The van der Waals surface area contributed by atoms with Crippen molar-refractivity contribution in [2.75, 3.05) is 11.9 Å². The van der Waals surface area contributed by atoms with E-state index in [4.69, 9.17) is 4.42 Å². The van der Waals surface area contributed by atoms with Gasteiger partial charge in [0, 0.05) is 24.2 Å². The van der Waals surface area contributed by atoms with Crippen LogP contribution < -0.4 is 5.32 Å². The normalized spacial score (nSPS) is 15.7. The van der Waals surface area contributed by atoms with Crippen LogP contribution in [0.15, 0.2) is 58.3 Å². The summed E-state index contributed by atoms with van der Waals surface area (Å²) in [5, 5.41) is 2.16. The van der Waals surface area contributed by atoms with E-state index in [9.17, 15) is 14.4 Å². The Hall–Kier alpha value is -3.46. The molecule has 4 rings (SSSR count). The largest absolute Gasteiger partial charge is 0.465 e. The molecule has 2 aromatic heterocycles. The molecular formula is C18H12N4O4S. The first-order chi connectivity index (χ1) is 13.1. The van der Waals surface area contributed by atoms with Gasteiger partial charge in [0.05, 0.1) is 22.2 Å². The first kappa shape index (κ1) is 17.0. The van der Waals surface area contributed by atoms with Gasteiger partial charge >= 0.3 is 0 Å². The Morgan fingerprint density at radius 3 is 2.78 bits per heavy atom. The van der Waals surface area contributed by atoms with Gasteiger partial charge in [0.25, 0.3) is 11.1 Å². The molecule has 0 saturated carbocycles. The molecule has 8 nitrogen and oxygen atoms in total. The predicted octanol–water partition coefficient (Wildman–Crippen LogP) is 2.90. The zero-order valence-electron chi connectivity index (χ0n) is 13.8. The zero-order chi connectivity index (χ0) is 18.8. The molecule has 1 saturated heterocycles. The number of thioether (sulfide) groups is 1. The molecule has 3 heterocycles. The van der Waals surface area contributed by atoms with Crippen LogP contribution in [0.3, 0.4) is 0 Å². The van der Waals surface area contributed by atoms with E-state index in [1.165, 1.54) is 12.3 Å². The molecule has 1 aliphatic rings. The highest BCUT2D eigenvalue weighted by Crippen LogP contribution is 2.32. The van der Waals surface area contributed by atoms with Crippen molar-refractivity contribution in [3.8, 4) is 0 Å². The van der Waals surface area contributed by atoms with Gasteiger partial charge in [-0.3, -0.25) is 29.3 Å². The summed E-state index contributed by atoms with van der Waals surface area (Å²) in [6, 6.07) is 8.43. The molecule has 0 radical (unpaired) electrons. The summed E-state index contributed by atoms with van der Waals surface area (Å²) in [6.45, 7) is -0.376. The summed E-state index contributed by atoms with van der Waals surface area (Å²) in [7, 11) is 0. The minimum absolute atomic E-state index is 0.212. The number of anilines is 1. The number of imide groups is 1. The Balaban J connectivity index is 1.45. The lowest BCUT2D eigenvalue weighted by molar-refractivity contribution is -0.127. The number of aromatic nitrogens is 2. The van der Waals surface area contributed by atoms with Gasteiger partial charge in [-0.25, -0.2) is 0 Å². The van der Waals surface area contributed by atoms with Gasteiger partial charge in [-0.05, 0) is 42.1 Å². The van der Waals surface area contributed by atoms with Crippen LogP contribution >= 0.6 is 11.8 Å². The van der Waals surface area contributed by atoms with Crippen LogP contribution in [0, 0.1) is 0 Å². The second-order valence-corrected chi connectivity index (χ2v) is 6.58. The fourth-order valence-electron chi connectivity index (χ4n) is 2.52. The minimum Gasteiger partial charge on any atom is -0.465 e. The Bertz CT molecular complexity index is 1080. The number of carbonyl (C=O) groups is 3. The molecule has 27 heavy (non-hydrogen) atoms. The Morgan fingerprint density at radius 2 is 2.00 bits per heavy atom. The van der Waals surface area contributed by atoms with Gasteiger partial charge < -0.3 is 9.73 Å². The third kappa shape index (κ3) is 3.58. The summed E-state index contributed by atoms with van der Waals surface area (Å²) >= 11 is 0.770. The SMILES string of the molecule is O=C(CN1C(=O)S/C(=C\c2ccco2)C1=O)Nc1ccc2nccnc2c1. The lowest BCUT2D eigenvalue weighted by atomic mass is 10.2. The highest BCUT2D eigenvalue weighted by Gasteiger charge is 2.36. The van der Waals surface area contributed by atoms with Gasteiger partial charge in [0.1, 0.15) is 12.3 Å². The molecule has 0 atom stereocenters. The van der Waals surface area contributed by atoms with Crippen molar-refractivity contribution >= 4 is 51.6 Å². The number of amides is 3. The Kier molecular flexibility index (Phi) is 4.43. The maximum absolute atomic E-state index is 12.4. The van der Waals surface area contributed by atoms with Crippen LogP contribution in [0.5, 0.6) is 0 Å². The monoisotopic (exact) mass is 380 g/mol.